The third-order valence-electron chi connectivity index (χ3n) is 3.75. The van der Waals surface area contributed by atoms with Crippen molar-refractivity contribution in [3.8, 4) is 0 Å². The number of rotatable bonds is 17. The number of carbonyl (C=O) groups is 2. The minimum absolute atomic E-state index is 0.304. The van der Waals surface area contributed by atoms with Gasteiger partial charge in [-0.1, -0.05) is 77.9 Å². The van der Waals surface area contributed by atoms with Crippen LogP contribution in [0.5, 0.6) is 0 Å². The zero-order chi connectivity index (χ0) is 20.6. The van der Waals surface area contributed by atoms with E-state index in [-0.39, 0.29) is 5.97 Å². The minimum atomic E-state index is -0.403. The molecule has 0 radical (unpaired) electrons. The Labute approximate surface area is 166 Å². The van der Waals surface area contributed by atoms with Crippen LogP contribution >= 0.6 is 0 Å². The molecule has 5 heteroatoms. The monoisotopic (exact) mass is 384 g/mol. The largest absolute Gasteiger partial charge is 0.463 e. The molecule has 158 valence electrons. The van der Waals surface area contributed by atoms with E-state index in [4.69, 9.17) is 9.47 Å². The van der Waals surface area contributed by atoms with Gasteiger partial charge in [0, 0.05) is 18.8 Å². The summed E-state index contributed by atoms with van der Waals surface area (Å²) in [6, 6.07) is 0. The van der Waals surface area contributed by atoms with Crippen molar-refractivity contribution in [1.82, 2.24) is 0 Å². The molecule has 0 aromatic heterocycles. The molecular formula is C22H40O5. The lowest BCUT2D eigenvalue weighted by Gasteiger charge is -2.03. The molecule has 0 saturated carbocycles. The molecule has 0 saturated heterocycles. The topological polar surface area (TPSA) is 61.8 Å². The highest BCUT2D eigenvalue weighted by Crippen LogP contribution is 2.10. The van der Waals surface area contributed by atoms with Crippen LogP contribution < -0.4 is 0 Å². The summed E-state index contributed by atoms with van der Waals surface area (Å²) in [7, 11) is 0. The van der Waals surface area contributed by atoms with Crippen LogP contribution in [0.3, 0.4) is 0 Å². The van der Waals surface area contributed by atoms with E-state index in [1.54, 1.807) is 0 Å². The van der Waals surface area contributed by atoms with Gasteiger partial charge in [0.1, 0.15) is 6.61 Å². The smallest absolute Gasteiger partial charge is 0.330 e. The maximum Gasteiger partial charge on any atom is 0.330 e. The first-order valence-electron chi connectivity index (χ1n) is 10.3. The number of hydrogen-bond donors (Lipinski definition) is 0. The van der Waals surface area contributed by atoms with Gasteiger partial charge in [-0.15, -0.1) is 0 Å². The average molecular weight is 385 g/mol. The molecule has 0 N–H and O–H groups in total. The van der Waals surface area contributed by atoms with Gasteiger partial charge in [0.2, 0.25) is 0 Å². The second kappa shape index (κ2) is 24.4. The summed E-state index contributed by atoms with van der Waals surface area (Å²) in [4.78, 5) is 21.1. The molecule has 0 atom stereocenters. The molecule has 0 aliphatic rings. The zero-order valence-corrected chi connectivity index (χ0v) is 17.5. The highest BCUT2D eigenvalue weighted by atomic mass is 16.6. The van der Waals surface area contributed by atoms with Crippen LogP contribution in [0.25, 0.3) is 0 Å². The molecule has 0 amide bonds. The molecule has 27 heavy (non-hydrogen) atoms. The first kappa shape index (κ1) is 27.6. The minimum Gasteiger partial charge on any atom is -0.463 e. The van der Waals surface area contributed by atoms with Gasteiger partial charge in [0.25, 0.3) is 0 Å². The van der Waals surface area contributed by atoms with E-state index in [1.807, 2.05) is 6.92 Å². The molecule has 0 aromatic rings. The average Bonchev–Trinajstić information content (AvgIpc) is 2.69. The van der Waals surface area contributed by atoms with Crippen LogP contribution in [-0.4, -0.2) is 38.4 Å². The number of carbonyl (C=O) groups excluding carboxylic acids is 2. The normalized spacial score (nSPS) is 9.70. The lowest BCUT2D eigenvalue weighted by molar-refractivity contribution is -0.139. The quantitative estimate of drug-likeness (QED) is 0.191. The van der Waals surface area contributed by atoms with Crippen molar-refractivity contribution >= 4 is 11.9 Å². The number of ether oxygens (including phenoxy) is 3. The van der Waals surface area contributed by atoms with E-state index in [0.717, 1.165) is 12.5 Å². The number of unbranched alkanes of at least 4 members (excludes halogenated alkanes) is 9. The predicted molar refractivity (Wildman–Crippen MR) is 111 cm³/mol. The van der Waals surface area contributed by atoms with E-state index in [9.17, 15) is 9.59 Å². The van der Waals surface area contributed by atoms with Crippen LogP contribution in [-0.2, 0) is 23.8 Å². The van der Waals surface area contributed by atoms with Gasteiger partial charge in [-0.2, -0.15) is 0 Å². The summed E-state index contributed by atoms with van der Waals surface area (Å²) < 4.78 is 14.4. The summed E-state index contributed by atoms with van der Waals surface area (Å²) in [6.45, 7) is 12.7. The van der Waals surface area contributed by atoms with Crippen molar-refractivity contribution in [2.75, 3.05) is 26.4 Å². The molecular weight excluding hydrogens is 344 g/mol. The van der Waals surface area contributed by atoms with Crippen molar-refractivity contribution in [1.29, 1.82) is 0 Å². The van der Waals surface area contributed by atoms with Crippen LogP contribution in [0, 0.1) is 0 Å². The van der Waals surface area contributed by atoms with E-state index < -0.39 is 5.97 Å². The third-order valence-corrected chi connectivity index (χ3v) is 3.75. The highest BCUT2D eigenvalue weighted by molar-refractivity contribution is 5.81. The van der Waals surface area contributed by atoms with Crippen LogP contribution in [0.4, 0.5) is 0 Å². The summed E-state index contributed by atoms with van der Waals surface area (Å²) in [5.74, 6) is -0.708. The number of hydrogen-bond acceptors (Lipinski definition) is 5. The summed E-state index contributed by atoms with van der Waals surface area (Å²) in [5.41, 5.74) is 0. The maximum atomic E-state index is 10.7. The summed E-state index contributed by atoms with van der Waals surface area (Å²) in [6.07, 6.45) is 15.3. The predicted octanol–water partition coefficient (Wildman–Crippen LogP) is 5.39. The van der Waals surface area contributed by atoms with E-state index >= 15 is 0 Å². The molecule has 0 bridgehead atoms. The first-order chi connectivity index (χ1) is 13.1. The number of esters is 2. The maximum absolute atomic E-state index is 10.7. The van der Waals surface area contributed by atoms with Gasteiger partial charge in [-0.3, -0.25) is 0 Å². The van der Waals surface area contributed by atoms with Crippen molar-refractivity contribution in [3.05, 3.63) is 25.3 Å². The highest BCUT2D eigenvalue weighted by Gasteiger charge is 1.96. The second-order valence-electron chi connectivity index (χ2n) is 6.12. The van der Waals surface area contributed by atoms with Crippen LogP contribution in [0.1, 0.15) is 78.1 Å². The zero-order valence-electron chi connectivity index (χ0n) is 17.5. The second-order valence-corrected chi connectivity index (χ2v) is 6.12. The van der Waals surface area contributed by atoms with Crippen molar-refractivity contribution < 1.29 is 23.8 Å². The van der Waals surface area contributed by atoms with Crippen LogP contribution in [0.2, 0.25) is 0 Å². The molecule has 0 aromatic carbocycles. The van der Waals surface area contributed by atoms with E-state index in [2.05, 4.69) is 24.8 Å². The molecule has 0 spiro atoms. The SMILES string of the molecule is C=CC(=O)OCCCCCCCCCCCC.C=CC(=O)OCCOCC. The summed E-state index contributed by atoms with van der Waals surface area (Å²) in [5, 5.41) is 0. The Bertz CT molecular complexity index is 366. The van der Waals surface area contributed by atoms with Gasteiger partial charge >= 0.3 is 11.9 Å². The molecule has 0 aliphatic carbocycles. The fraction of sp³-hybridized carbons (Fsp3) is 0.727. The van der Waals surface area contributed by atoms with Gasteiger partial charge < -0.3 is 14.2 Å². The lowest BCUT2D eigenvalue weighted by Crippen LogP contribution is -2.07. The van der Waals surface area contributed by atoms with Crippen molar-refractivity contribution in [2.24, 2.45) is 0 Å². The molecule has 0 unspecified atom stereocenters. The Morgan fingerprint density at radius 2 is 1.11 bits per heavy atom. The molecule has 0 aliphatic heterocycles. The van der Waals surface area contributed by atoms with Gasteiger partial charge in [0.05, 0.1) is 13.2 Å². The fourth-order valence-electron chi connectivity index (χ4n) is 2.23. The van der Waals surface area contributed by atoms with Gasteiger partial charge in [-0.25, -0.2) is 9.59 Å². The Hall–Kier alpha value is -1.62. The van der Waals surface area contributed by atoms with Gasteiger partial charge in [0.15, 0.2) is 0 Å². The lowest BCUT2D eigenvalue weighted by atomic mass is 10.1. The molecule has 0 fully saturated rings. The Morgan fingerprint density at radius 1 is 0.667 bits per heavy atom. The molecule has 0 rings (SSSR count). The molecule has 5 nitrogen and oxygen atoms in total. The van der Waals surface area contributed by atoms with Crippen LogP contribution in [0.15, 0.2) is 25.3 Å². The Morgan fingerprint density at radius 3 is 1.56 bits per heavy atom. The van der Waals surface area contributed by atoms with Crippen molar-refractivity contribution in [2.45, 2.75) is 78.1 Å². The van der Waals surface area contributed by atoms with Crippen molar-refractivity contribution in [3.63, 3.8) is 0 Å². The Kier molecular flexibility index (Phi) is 24.9. The third kappa shape index (κ3) is 26.7. The van der Waals surface area contributed by atoms with E-state index in [1.165, 1.54) is 63.9 Å². The first-order valence-corrected chi connectivity index (χ1v) is 10.3. The standard InChI is InChI=1S/C15H28O2.C7H12O3/c1-3-5-6-7-8-9-10-11-12-13-14-17-15(16)4-2;1-3-7(8)10-6-5-9-4-2/h4H,2-3,5-14H2,1H3;3H,1,4-6H2,2H3. The summed E-state index contributed by atoms with van der Waals surface area (Å²) >= 11 is 0. The van der Waals surface area contributed by atoms with Gasteiger partial charge in [-0.05, 0) is 13.3 Å². The Balaban J connectivity index is 0. The fourth-order valence-corrected chi connectivity index (χ4v) is 2.23. The molecule has 0 heterocycles. The van der Waals surface area contributed by atoms with E-state index in [0.29, 0.717) is 26.4 Å².